The smallest absolute Gasteiger partial charge is 0.115 e. The highest BCUT2D eigenvalue weighted by molar-refractivity contribution is 7.07. The predicted octanol–water partition coefficient (Wildman–Crippen LogP) is 3.09. The Morgan fingerprint density at radius 2 is 2.12 bits per heavy atom. The van der Waals surface area contributed by atoms with E-state index in [2.05, 4.69) is 22.6 Å². The molecule has 0 spiro atoms. The predicted molar refractivity (Wildman–Crippen MR) is 70.1 cm³/mol. The van der Waals surface area contributed by atoms with E-state index >= 15 is 0 Å². The molecule has 0 aliphatic heterocycles. The summed E-state index contributed by atoms with van der Waals surface area (Å²) in [4.78, 5) is 4.25. The van der Waals surface area contributed by atoms with E-state index in [1.165, 1.54) is 5.56 Å². The van der Waals surface area contributed by atoms with Gasteiger partial charge in [-0.15, -0.1) is 11.3 Å². The maximum Gasteiger partial charge on any atom is 0.115 e. The van der Waals surface area contributed by atoms with Crippen LogP contribution in [0, 0.1) is 0 Å². The van der Waals surface area contributed by atoms with Crippen LogP contribution in [0.3, 0.4) is 0 Å². The summed E-state index contributed by atoms with van der Waals surface area (Å²) < 4.78 is 0. The standard InChI is InChI=1S/C13H16N2OS/c1-2-13(10-3-5-12(16)6-4-10)14-7-11-8-17-9-15-11/h3-6,8-9,13-14,16H,2,7H2,1H3. The number of thiazole rings is 1. The van der Waals surface area contributed by atoms with Gasteiger partial charge in [0.05, 0.1) is 11.2 Å². The minimum Gasteiger partial charge on any atom is -0.508 e. The molecule has 0 amide bonds. The third-order valence-corrected chi connectivity index (χ3v) is 3.35. The molecule has 2 N–H and O–H groups in total. The van der Waals surface area contributed by atoms with Crippen LogP contribution in [0.15, 0.2) is 35.2 Å². The molecule has 0 saturated heterocycles. The van der Waals surface area contributed by atoms with Gasteiger partial charge in [-0.25, -0.2) is 4.98 Å². The number of nitrogens with zero attached hydrogens (tertiary/aromatic N) is 1. The summed E-state index contributed by atoms with van der Waals surface area (Å²) in [5, 5.41) is 14.8. The number of nitrogens with one attached hydrogen (secondary N) is 1. The molecular weight excluding hydrogens is 232 g/mol. The number of phenols is 1. The van der Waals surface area contributed by atoms with Crippen LogP contribution >= 0.6 is 11.3 Å². The molecule has 90 valence electrons. The first-order valence-electron chi connectivity index (χ1n) is 5.69. The second-order valence-corrected chi connectivity index (χ2v) is 4.63. The summed E-state index contributed by atoms with van der Waals surface area (Å²) in [5.41, 5.74) is 4.12. The lowest BCUT2D eigenvalue weighted by Gasteiger charge is -2.16. The molecule has 4 heteroatoms. The van der Waals surface area contributed by atoms with Crippen molar-refractivity contribution >= 4 is 11.3 Å². The zero-order chi connectivity index (χ0) is 12.1. The highest BCUT2D eigenvalue weighted by Gasteiger charge is 2.08. The van der Waals surface area contributed by atoms with Gasteiger partial charge in [-0.2, -0.15) is 0 Å². The number of hydrogen-bond acceptors (Lipinski definition) is 4. The number of benzene rings is 1. The van der Waals surface area contributed by atoms with Crippen molar-refractivity contribution in [2.24, 2.45) is 0 Å². The van der Waals surface area contributed by atoms with Crippen molar-refractivity contribution in [1.82, 2.24) is 10.3 Å². The van der Waals surface area contributed by atoms with E-state index in [1.54, 1.807) is 23.5 Å². The lowest BCUT2D eigenvalue weighted by Crippen LogP contribution is -2.20. The van der Waals surface area contributed by atoms with Crippen molar-refractivity contribution in [3.8, 4) is 5.75 Å². The Balaban J connectivity index is 1.99. The second-order valence-electron chi connectivity index (χ2n) is 3.91. The Labute approximate surface area is 105 Å². The minimum atomic E-state index is 0.303. The molecular formula is C13H16N2OS. The molecule has 1 unspecified atom stereocenters. The lowest BCUT2D eigenvalue weighted by molar-refractivity contribution is 0.473. The van der Waals surface area contributed by atoms with Crippen LogP contribution in [0.2, 0.25) is 0 Å². The van der Waals surface area contributed by atoms with Crippen molar-refractivity contribution in [2.75, 3.05) is 0 Å². The van der Waals surface area contributed by atoms with Gasteiger partial charge in [0.1, 0.15) is 5.75 Å². The fourth-order valence-corrected chi connectivity index (χ4v) is 2.32. The highest BCUT2D eigenvalue weighted by Crippen LogP contribution is 2.19. The average Bonchev–Trinajstić information content (AvgIpc) is 2.85. The SMILES string of the molecule is CCC(NCc1cscn1)c1ccc(O)cc1. The van der Waals surface area contributed by atoms with Gasteiger partial charge in [-0.3, -0.25) is 0 Å². The Kier molecular flexibility index (Phi) is 4.12. The summed E-state index contributed by atoms with van der Waals surface area (Å²) in [6.07, 6.45) is 1.01. The van der Waals surface area contributed by atoms with Crippen LogP contribution in [0.4, 0.5) is 0 Å². The van der Waals surface area contributed by atoms with Crippen LogP contribution in [-0.4, -0.2) is 10.1 Å². The quantitative estimate of drug-likeness (QED) is 0.854. The number of aromatic hydroxyl groups is 1. The highest BCUT2D eigenvalue weighted by atomic mass is 32.1. The maximum atomic E-state index is 9.26. The van der Waals surface area contributed by atoms with E-state index in [0.717, 1.165) is 18.7 Å². The molecule has 0 fully saturated rings. The molecule has 3 nitrogen and oxygen atoms in total. The third-order valence-electron chi connectivity index (χ3n) is 2.72. The van der Waals surface area contributed by atoms with E-state index in [-0.39, 0.29) is 0 Å². The van der Waals surface area contributed by atoms with Crippen LogP contribution in [0.25, 0.3) is 0 Å². The van der Waals surface area contributed by atoms with Gasteiger partial charge in [0.15, 0.2) is 0 Å². The van der Waals surface area contributed by atoms with Crippen molar-refractivity contribution in [1.29, 1.82) is 0 Å². The Morgan fingerprint density at radius 3 is 2.71 bits per heavy atom. The van der Waals surface area contributed by atoms with Gasteiger partial charge < -0.3 is 10.4 Å². The van der Waals surface area contributed by atoms with Crippen LogP contribution < -0.4 is 5.32 Å². The molecule has 1 atom stereocenters. The van der Waals surface area contributed by atoms with Crippen LogP contribution in [0.5, 0.6) is 5.75 Å². The van der Waals surface area contributed by atoms with Crippen LogP contribution in [0.1, 0.15) is 30.6 Å². The first-order chi connectivity index (χ1) is 8.29. The minimum absolute atomic E-state index is 0.303. The largest absolute Gasteiger partial charge is 0.508 e. The zero-order valence-corrected chi connectivity index (χ0v) is 10.6. The molecule has 0 bridgehead atoms. The zero-order valence-electron chi connectivity index (χ0n) is 9.76. The molecule has 1 aromatic heterocycles. The number of aromatic nitrogens is 1. The number of phenolic OH excluding ortho intramolecular Hbond substituents is 1. The van der Waals surface area contributed by atoms with Gasteiger partial charge in [0.2, 0.25) is 0 Å². The third kappa shape index (κ3) is 3.28. The van der Waals surface area contributed by atoms with Gasteiger partial charge in [-0.1, -0.05) is 19.1 Å². The summed E-state index contributed by atoms with van der Waals surface area (Å²) in [5.74, 6) is 0.308. The molecule has 1 heterocycles. The Hall–Kier alpha value is -1.39. The van der Waals surface area contributed by atoms with E-state index in [4.69, 9.17) is 0 Å². The summed E-state index contributed by atoms with van der Waals surface area (Å²) in [6.45, 7) is 2.93. The fourth-order valence-electron chi connectivity index (χ4n) is 1.76. The monoisotopic (exact) mass is 248 g/mol. The van der Waals surface area contributed by atoms with E-state index < -0.39 is 0 Å². The normalized spacial score (nSPS) is 12.5. The van der Waals surface area contributed by atoms with Gasteiger partial charge in [-0.05, 0) is 24.1 Å². The van der Waals surface area contributed by atoms with Crippen LogP contribution in [-0.2, 0) is 6.54 Å². The molecule has 2 aromatic rings. The van der Waals surface area contributed by atoms with E-state index in [9.17, 15) is 5.11 Å². The van der Waals surface area contributed by atoms with Gasteiger partial charge in [0, 0.05) is 18.0 Å². The molecule has 0 radical (unpaired) electrons. The van der Waals surface area contributed by atoms with Gasteiger partial charge in [0.25, 0.3) is 0 Å². The van der Waals surface area contributed by atoms with Crippen molar-refractivity contribution in [2.45, 2.75) is 25.9 Å². The summed E-state index contributed by atoms with van der Waals surface area (Å²) in [7, 11) is 0. The Bertz CT molecular complexity index is 439. The number of hydrogen-bond donors (Lipinski definition) is 2. The summed E-state index contributed by atoms with van der Waals surface area (Å²) >= 11 is 1.61. The first-order valence-corrected chi connectivity index (χ1v) is 6.63. The maximum absolute atomic E-state index is 9.26. The Morgan fingerprint density at radius 1 is 1.35 bits per heavy atom. The number of rotatable bonds is 5. The summed E-state index contributed by atoms with van der Waals surface area (Å²) in [6, 6.07) is 7.66. The topological polar surface area (TPSA) is 45.2 Å². The van der Waals surface area contributed by atoms with Crippen molar-refractivity contribution in [3.63, 3.8) is 0 Å². The molecule has 0 aliphatic rings. The average molecular weight is 248 g/mol. The lowest BCUT2D eigenvalue weighted by atomic mass is 10.0. The van der Waals surface area contributed by atoms with Crippen molar-refractivity contribution < 1.29 is 5.11 Å². The fraction of sp³-hybridized carbons (Fsp3) is 0.308. The molecule has 2 rings (SSSR count). The first kappa shape index (κ1) is 12.1. The van der Waals surface area contributed by atoms with Crippen molar-refractivity contribution in [3.05, 3.63) is 46.4 Å². The molecule has 1 aromatic carbocycles. The molecule has 0 aliphatic carbocycles. The van der Waals surface area contributed by atoms with E-state index in [1.807, 2.05) is 17.6 Å². The van der Waals surface area contributed by atoms with Gasteiger partial charge >= 0.3 is 0 Å². The van der Waals surface area contributed by atoms with E-state index in [0.29, 0.717) is 11.8 Å². The molecule has 0 saturated carbocycles. The second kappa shape index (κ2) is 5.80. The molecule has 17 heavy (non-hydrogen) atoms.